The molecular formula is C15H21NO. The van der Waals surface area contributed by atoms with Gasteiger partial charge in [0.25, 0.3) is 0 Å². The molecule has 92 valence electrons. The van der Waals surface area contributed by atoms with E-state index in [0.717, 1.165) is 12.2 Å². The van der Waals surface area contributed by atoms with Crippen molar-refractivity contribution in [2.45, 2.75) is 50.7 Å². The van der Waals surface area contributed by atoms with E-state index in [9.17, 15) is 0 Å². The molecule has 1 fully saturated rings. The van der Waals surface area contributed by atoms with Crippen LogP contribution in [0.4, 0.5) is 0 Å². The number of rotatable bonds is 1. The Morgan fingerprint density at radius 3 is 3.06 bits per heavy atom. The summed E-state index contributed by atoms with van der Waals surface area (Å²) in [6.07, 6.45) is 5.95. The number of hydrogen-bond donors (Lipinski definition) is 1. The van der Waals surface area contributed by atoms with E-state index in [-0.39, 0.29) is 11.6 Å². The number of benzene rings is 1. The lowest BCUT2D eigenvalue weighted by Gasteiger charge is -2.42. The van der Waals surface area contributed by atoms with Crippen molar-refractivity contribution in [3.8, 4) is 5.75 Å². The van der Waals surface area contributed by atoms with Gasteiger partial charge in [0.05, 0.1) is 0 Å². The Labute approximate surface area is 103 Å². The Balaban J connectivity index is 1.97. The van der Waals surface area contributed by atoms with Crippen LogP contribution in [0.3, 0.4) is 0 Å². The van der Waals surface area contributed by atoms with Gasteiger partial charge in [0, 0.05) is 18.0 Å². The van der Waals surface area contributed by atoms with E-state index < -0.39 is 0 Å². The lowest BCUT2D eigenvalue weighted by atomic mass is 9.79. The average molecular weight is 231 g/mol. The number of para-hydroxylation sites is 1. The first-order chi connectivity index (χ1) is 8.25. The van der Waals surface area contributed by atoms with Crippen LogP contribution in [0.2, 0.25) is 0 Å². The summed E-state index contributed by atoms with van der Waals surface area (Å²) < 4.78 is 6.37. The molecule has 0 amide bonds. The fourth-order valence-corrected chi connectivity index (χ4v) is 3.72. The summed E-state index contributed by atoms with van der Waals surface area (Å²) in [6.45, 7) is 2.27. The zero-order chi connectivity index (χ0) is 11.9. The number of fused-ring (bicyclic) bond motifs is 1. The van der Waals surface area contributed by atoms with Gasteiger partial charge in [0.1, 0.15) is 11.4 Å². The molecule has 2 aliphatic rings. The maximum absolute atomic E-state index is 6.37. The molecule has 17 heavy (non-hydrogen) atoms. The van der Waals surface area contributed by atoms with E-state index in [1.54, 1.807) is 0 Å². The fourth-order valence-electron chi connectivity index (χ4n) is 3.72. The lowest BCUT2D eigenvalue weighted by molar-refractivity contribution is -0.000941. The topological polar surface area (TPSA) is 35.2 Å². The van der Waals surface area contributed by atoms with Crippen LogP contribution in [-0.4, -0.2) is 5.60 Å². The standard InChI is InChI=1S/C15H21NO/c1-2-11-6-5-9-15(11)10-13(16)12-7-3-4-8-14(12)17-15/h3-4,7-8,11,13H,2,5-6,9-10,16H2,1H3/t11?,13-,15?/m0/s1. The van der Waals surface area contributed by atoms with Gasteiger partial charge in [-0.1, -0.05) is 25.1 Å². The van der Waals surface area contributed by atoms with E-state index in [4.69, 9.17) is 10.5 Å². The molecule has 3 rings (SSSR count). The predicted molar refractivity (Wildman–Crippen MR) is 69.0 cm³/mol. The van der Waals surface area contributed by atoms with Gasteiger partial charge >= 0.3 is 0 Å². The summed E-state index contributed by atoms with van der Waals surface area (Å²) in [4.78, 5) is 0. The molecular weight excluding hydrogens is 210 g/mol. The number of hydrogen-bond acceptors (Lipinski definition) is 2. The average Bonchev–Trinajstić information content (AvgIpc) is 2.71. The van der Waals surface area contributed by atoms with Gasteiger partial charge < -0.3 is 10.5 Å². The smallest absolute Gasteiger partial charge is 0.124 e. The molecule has 0 radical (unpaired) electrons. The molecule has 2 nitrogen and oxygen atoms in total. The minimum Gasteiger partial charge on any atom is -0.487 e. The van der Waals surface area contributed by atoms with Crippen LogP contribution in [0, 0.1) is 5.92 Å². The second kappa shape index (κ2) is 4.02. The van der Waals surface area contributed by atoms with E-state index >= 15 is 0 Å². The maximum atomic E-state index is 6.37. The normalized spacial score (nSPS) is 35.6. The van der Waals surface area contributed by atoms with Crippen LogP contribution in [0.25, 0.3) is 0 Å². The zero-order valence-electron chi connectivity index (χ0n) is 10.5. The van der Waals surface area contributed by atoms with Crippen LogP contribution in [0.5, 0.6) is 5.75 Å². The highest BCUT2D eigenvalue weighted by Crippen LogP contribution is 2.50. The predicted octanol–water partition coefficient (Wildman–Crippen LogP) is 3.42. The van der Waals surface area contributed by atoms with E-state index in [1.807, 2.05) is 12.1 Å². The van der Waals surface area contributed by atoms with Crippen molar-refractivity contribution in [3.63, 3.8) is 0 Å². The first-order valence-corrected chi connectivity index (χ1v) is 6.79. The Bertz CT molecular complexity index is 417. The van der Waals surface area contributed by atoms with Crippen molar-refractivity contribution < 1.29 is 4.74 Å². The molecule has 1 aromatic carbocycles. The van der Waals surface area contributed by atoms with Crippen molar-refractivity contribution in [2.24, 2.45) is 11.7 Å². The summed E-state index contributed by atoms with van der Waals surface area (Å²) in [5.41, 5.74) is 7.55. The highest BCUT2D eigenvalue weighted by molar-refractivity contribution is 5.39. The molecule has 1 aromatic rings. The van der Waals surface area contributed by atoms with E-state index in [1.165, 1.54) is 31.2 Å². The third kappa shape index (κ3) is 1.66. The number of ether oxygens (including phenoxy) is 1. The summed E-state index contributed by atoms with van der Waals surface area (Å²) in [7, 11) is 0. The van der Waals surface area contributed by atoms with Crippen LogP contribution in [0.1, 0.15) is 50.6 Å². The highest BCUT2D eigenvalue weighted by Gasteiger charge is 2.47. The second-order valence-corrected chi connectivity index (χ2v) is 5.51. The molecule has 0 saturated heterocycles. The number of nitrogens with two attached hydrogens (primary N) is 1. The third-order valence-electron chi connectivity index (χ3n) is 4.59. The van der Waals surface area contributed by atoms with Crippen LogP contribution in [-0.2, 0) is 0 Å². The largest absolute Gasteiger partial charge is 0.487 e. The summed E-state index contributed by atoms with van der Waals surface area (Å²) in [5.74, 6) is 1.70. The Hall–Kier alpha value is -1.02. The summed E-state index contributed by atoms with van der Waals surface area (Å²) in [5, 5.41) is 0. The molecule has 0 aromatic heterocycles. The van der Waals surface area contributed by atoms with Crippen molar-refractivity contribution >= 4 is 0 Å². The van der Waals surface area contributed by atoms with Crippen molar-refractivity contribution in [1.29, 1.82) is 0 Å². The molecule has 2 unspecified atom stereocenters. The maximum Gasteiger partial charge on any atom is 0.124 e. The molecule has 1 aliphatic carbocycles. The minimum absolute atomic E-state index is 0.0303. The molecule has 1 heterocycles. The molecule has 1 spiro atoms. The third-order valence-corrected chi connectivity index (χ3v) is 4.59. The van der Waals surface area contributed by atoms with E-state index in [2.05, 4.69) is 19.1 Å². The second-order valence-electron chi connectivity index (χ2n) is 5.51. The van der Waals surface area contributed by atoms with Gasteiger partial charge in [-0.2, -0.15) is 0 Å². The van der Waals surface area contributed by atoms with E-state index in [0.29, 0.717) is 5.92 Å². The monoisotopic (exact) mass is 231 g/mol. The molecule has 2 N–H and O–H groups in total. The van der Waals surface area contributed by atoms with Gasteiger partial charge in [-0.3, -0.25) is 0 Å². The molecule has 3 atom stereocenters. The Kier molecular flexibility index (Phi) is 2.62. The zero-order valence-corrected chi connectivity index (χ0v) is 10.5. The van der Waals surface area contributed by atoms with Crippen molar-refractivity contribution in [2.75, 3.05) is 0 Å². The minimum atomic E-state index is 0.0303. The Morgan fingerprint density at radius 1 is 1.41 bits per heavy atom. The Morgan fingerprint density at radius 2 is 2.24 bits per heavy atom. The molecule has 2 heteroatoms. The fraction of sp³-hybridized carbons (Fsp3) is 0.600. The van der Waals surface area contributed by atoms with Gasteiger partial charge in [-0.15, -0.1) is 0 Å². The van der Waals surface area contributed by atoms with Crippen LogP contribution < -0.4 is 10.5 Å². The van der Waals surface area contributed by atoms with Gasteiger partial charge in [0.2, 0.25) is 0 Å². The van der Waals surface area contributed by atoms with Gasteiger partial charge in [-0.05, 0) is 37.7 Å². The summed E-state index contributed by atoms with van der Waals surface area (Å²) >= 11 is 0. The first-order valence-electron chi connectivity index (χ1n) is 6.79. The SMILES string of the molecule is CCC1CCCC12C[C@H](N)c1ccccc1O2. The molecule has 1 saturated carbocycles. The van der Waals surface area contributed by atoms with Gasteiger partial charge in [-0.25, -0.2) is 0 Å². The lowest BCUT2D eigenvalue weighted by Crippen LogP contribution is -2.45. The molecule has 0 bridgehead atoms. The molecule has 1 aliphatic heterocycles. The first kappa shape index (κ1) is 11.1. The highest BCUT2D eigenvalue weighted by atomic mass is 16.5. The van der Waals surface area contributed by atoms with Crippen molar-refractivity contribution in [1.82, 2.24) is 0 Å². The van der Waals surface area contributed by atoms with Crippen LogP contribution >= 0.6 is 0 Å². The van der Waals surface area contributed by atoms with Crippen LogP contribution in [0.15, 0.2) is 24.3 Å². The quantitative estimate of drug-likeness (QED) is 0.803. The summed E-state index contributed by atoms with van der Waals surface area (Å²) in [6, 6.07) is 8.41. The van der Waals surface area contributed by atoms with Gasteiger partial charge in [0.15, 0.2) is 0 Å². The van der Waals surface area contributed by atoms with Crippen molar-refractivity contribution in [3.05, 3.63) is 29.8 Å².